The lowest BCUT2D eigenvalue weighted by Crippen LogP contribution is -2.41. The number of hydrogen-bond donors (Lipinski definition) is 1. The Morgan fingerprint density at radius 1 is 1.40 bits per heavy atom. The van der Waals surface area contributed by atoms with Crippen LogP contribution in [-0.2, 0) is 9.53 Å². The third-order valence-electron chi connectivity index (χ3n) is 3.25. The van der Waals surface area contributed by atoms with Gasteiger partial charge in [-0.05, 0) is 26.2 Å². The second kappa shape index (κ2) is 5.50. The van der Waals surface area contributed by atoms with Crippen LogP contribution in [0.2, 0.25) is 0 Å². The van der Waals surface area contributed by atoms with Gasteiger partial charge in [0.25, 0.3) is 0 Å². The molecule has 0 amide bonds. The number of ether oxygens (including phenoxy) is 1. The second-order valence-corrected chi connectivity index (χ2v) is 4.85. The van der Waals surface area contributed by atoms with Gasteiger partial charge in [0, 0.05) is 12.1 Å². The van der Waals surface area contributed by atoms with Gasteiger partial charge in [0.05, 0.1) is 13.0 Å². The molecule has 0 spiro atoms. The van der Waals surface area contributed by atoms with E-state index in [0.717, 1.165) is 5.92 Å². The molecule has 0 aliphatic heterocycles. The minimum absolute atomic E-state index is 0.0725. The second-order valence-electron chi connectivity index (χ2n) is 4.85. The lowest BCUT2D eigenvalue weighted by Gasteiger charge is -2.23. The van der Waals surface area contributed by atoms with Crippen LogP contribution in [0.3, 0.4) is 0 Å². The van der Waals surface area contributed by atoms with Crippen molar-refractivity contribution >= 4 is 5.97 Å². The summed E-state index contributed by atoms with van der Waals surface area (Å²) in [6, 6.07) is 0.686. The van der Waals surface area contributed by atoms with Crippen molar-refractivity contribution in [2.24, 2.45) is 11.8 Å². The minimum Gasteiger partial charge on any atom is -0.469 e. The third-order valence-corrected chi connectivity index (χ3v) is 3.25. The Balaban J connectivity index is 2.25. The van der Waals surface area contributed by atoms with Crippen LogP contribution in [0, 0.1) is 11.8 Å². The van der Waals surface area contributed by atoms with E-state index in [2.05, 4.69) is 12.2 Å². The number of esters is 1. The molecule has 1 aliphatic rings. The van der Waals surface area contributed by atoms with Crippen molar-refractivity contribution < 1.29 is 9.53 Å². The van der Waals surface area contributed by atoms with E-state index in [1.807, 2.05) is 13.8 Å². The lowest BCUT2D eigenvalue weighted by molar-refractivity contribution is -0.145. The summed E-state index contributed by atoms with van der Waals surface area (Å²) in [4.78, 5) is 11.3. The Labute approximate surface area is 92.6 Å². The van der Waals surface area contributed by atoms with Crippen LogP contribution >= 0.6 is 0 Å². The molecule has 1 saturated carbocycles. The van der Waals surface area contributed by atoms with Gasteiger partial charge in [0.2, 0.25) is 0 Å². The maximum absolute atomic E-state index is 11.3. The van der Waals surface area contributed by atoms with Gasteiger partial charge >= 0.3 is 5.97 Å². The molecule has 0 saturated heterocycles. The van der Waals surface area contributed by atoms with E-state index in [1.54, 1.807) is 0 Å². The average molecular weight is 213 g/mol. The van der Waals surface area contributed by atoms with Crippen molar-refractivity contribution in [1.29, 1.82) is 0 Å². The monoisotopic (exact) mass is 213 g/mol. The fraction of sp³-hybridized carbons (Fsp3) is 0.917. The highest BCUT2D eigenvalue weighted by Crippen LogP contribution is 2.33. The first-order valence-corrected chi connectivity index (χ1v) is 5.88. The van der Waals surface area contributed by atoms with Gasteiger partial charge in [-0.25, -0.2) is 0 Å². The van der Waals surface area contributed by atoms with Crippen LogP contribution in [0.5, 0.6) is 0 Å². The zero-order chi connectivity index (χ0) is 11.4. The van der Waals surface area contributed by atoms with E-state index in [1.165, 1.54) is 26.4 Å². The van der Waals surface area contributed by atoms with Gasteiger partial charge in [-0.15, -0.1) is 0 Å². The molecule has 1 fully saturated rings. The number of rotatable bonds is 6. The first kappa shape index (κ1) is 12.5. The Morgan fingerprint density at radius 3 is 2.47 bits per heavy atom. The van der Waals surface area contributed by atoms with E-state index < -0.39 is 0 Å². The van der Waals surface area contributed by atoms with Crippen LogP contribution in [0.4, 0.5) is 0 Å². The largest absolute Gasteiger partial charge is 0.469 e. The molecule has 0 heterocycles. The third kappa shape index (κ3) is 4.20. The molecule has 15 heavy (non-hydrogen) atoms. The van der Waals surface area contributed by atoms with Gasteiger partial charge < -0.3 is 10.1 Å². The number of carbonyl (C=O) groups excluding carboxylic acids is 1. The molecule has 3 unspecified atom stereocenters. The van der Waals surface area contributed by atoms with Gasteiger partial charge in [-0.1, -0.05) is 19.8 Å². The molecule has 0 radical (unpaired) electrons. The smallest absolute Gasteiger partial charge is 0.309 e. The van der Waals surface area contributed by atoms with Gasteiger partial charge in [-0.2, -0.15) is 0 Å². The van der Waals surface area contributed by atoms with Crippen molar-refractivity contribution in [3.05, 3.63) is 0 Å². The summed E-state index contributed by atoms with van der Waals surface area (Å²) < 4.78 is 4.73. The predicted molar refractivity (Wildman–Crippen MR) is 60.6 cm³/mol. The normalized spacial score (nSPS) is 21.9. The maximum atomic E-state index is 11.3. The van der Waals surface area contributed by atoms with E-state index >= 15 is 0 Å². The maximum Gasteiger partial charge on any atom is 0.309 e. The van der Waals surface area contributed by atoms with Crippen molar-refractivity contribution in [3.63, 3.8) is 0 Å². The Hall–Kier alpha value is -0.570. The van der Waals surface area contributed by atoms with E-state index in [4.69, 9.17) is 4.74 Å². The summed E-state index contributed by atoms with van der Waals surface area (Å²) in [5.41, 5.74) is 0. The molecule has 0 aromatic carbocycles. The molecular formula is C12H23NO2. The highest BCUT2D eigenvalue weighted by atomic mass is 16.5. The van der Waals surface area contributed by atoms with Crippen molar-refractivity contribution in [1.82, 2.24) is 5.32 Å². The number of nitrogens with one attached hydrogen (secondary N) is 1. The molecule has 0 aromatic heterocycles. The summed E-state index contributed by atoms with van der Waals surface area (Å²) in [5, 5.41) is 3.47. The average Bonchev–Trinajstić information content (AvgIpc) is 2.98. The van der Waals surface area contributed by atoms with Crippen LogP contribution in [-0.4, -0.2) is 25.2 Å². The Bertz CT molecular complexity index is 214. The van der Waals surface area contributed by atoms with Crippen molar-refractivity contribution in [2.45, 2.75) is 52.1 Å². The van der Waals surface area contributed by atoms with Crippen molar-refractivity contribution in [2.75, 3.05) is 7.11 Å². The molecule has 0 aromatic rings. The highest BCUT2D eigenvalue weighted by molar-refractivity contribution is 5.72. The molecule has 0 bridgehead atoms. The van der Waals surface area contributed by atoms with Gasteiger partial charge in [0.1, 0.15) is 0 Å². The molecule has 3 heteroatoms. The standard InChI is InChI=1S/C12H23NO2/c1-8(7-11-5-6-11)13-10(3)9(2)12(14)15-4/h8-11,13H,5-7H2,1-4H3. The van der Waals surface area contributed by atoms with Crippen LogP contribution in [0.1, 0.15) is 40.0 Å². The summed E-state index contributed by atoms with van der Waals surface area (Å²) in [7, 11) is 1.44. The Kier molecular flexibility index (Phi) is 4.58. The Morgan fingerprint density at radius 2 is 2.00 bits per heavy atom. The number of hydrogen-bond acceptors (Lipinski definition) is 3. The lowest BCUT2D eigenvalue weighted by atomic mass is 10.0. The highest BCUT2D eigenvalue weighted by Gasteiger charge is 2.26. The number of carbonyl (C=O) groups is 1. The van der Waals surface area contributed by atoms with Gasteiger partial charge in [0.15, 0.2) is 0 Å². The zero-order valence-corrected chi connectivity index (χ0v) is 10.2. The van der Waals surface area contributed by atoms with Crippen LogP contribution in [0.15, 0.2) is 0 Å². The summed E-state index contributed by atoms with van der Waals surface area (Å²) in [6.07, 6.45) is 4.00. The van der Waals surface area contributed by atoms with E-state index in [9.17, 15) is 4.79 Å². The van der Waals surface area contributed by atoms with Crippen molar-refractivity contribution in [3.8, 4) is 0 Å². The predicted octanol–water partition coefficient (Wildman–Crippen LogP) is 1.96. The van der Waals surface area contributed by atoms with Crippen LogP contribution in [0.25, 0.3) is 0 Å². The summed E-state index contributed by atoms with van der Waals surface area (Å²) in [5.74, 6) is 0.721. The molecule has 88 valence electrons. The quantitative estimate of drug-likeness (QED) is 0.685. The minimum atomic E-state index is -0.131. The molecular weight excluding hydrogens is 190 g/mol. The number of methoxy groups -OCH3 is 1. The van der Waals surface area contributed by atoms with Gasteiger partial charge in [-0.3, -0.25) is 4.79 Å². The fourth-order valence-corrected chi connectivity index (χ4v) is 1.90. The van der Waals surface area contributed by atoms with E-state index in [0.29, 0.717) is 6.04 Å². The fourth-order valence-electron chi connectivity index (χ4n) is 1.90. The first-order valence-electron chi connectivity index (χ1n) is 5.88. The van der Waals surface area contributed by atoms with Crippen LogP contribution < -0.4 is 5.32 Å². The van der Waals surface area contributed by atoms with E-state index in [-0.39, 0.29) is 17.9 Å². The topological polar surface area (TPSA) is 38.3 Å². The zero-order valence-electron chi connectivity index (χ0n) is 10.2. The molecule has 1 rings (SSSR count). The molecule has 1 aliphatic carbocycles. The first-order chi connectivity index (χ1) is 7.04. The summed E-state index contributed by atoms with van der Waals surface area (Å²) >= 11 is 0. The summed E-state index contributed by atoms with van der Waals surface area (Å²) in [6.45, 7) is 6.15. The molecule has 3 atom stereocenters. The molecule has 3 nitrogen and oxygen atoms in total. The molecule has 1 N–H and O–H groups in total. The SMILES string of the molecule is COC(=O)C(C)C(C)NC(C)CC1CC1.